The molecule has 1 aromatic carbocycles. The topological polar surface area (TPSA) is 50.8 Å². The zero-order valence-corrected chi connectivity index (χ0v) is 11.7. The van der Waals surface area contributed by atoms with Crippen molar-refractivity contribution in [3.63, 3.8) is 0 Å². The zero-order chi connectivity index (χ0) is 15.2. The minimum absolute atomic E-state index is 0.0794. The summed E-state index contributed by atoms with van der Waals surface area (Å²) in [6.45, 7) is 1.31. The molecule has 1 amide bonds. The Bertz CT molecular complexity index is 468. The van der Waals surface area contributed by atoms with Crippen LogP contribution in [0.5, 0.6) is 5.75 Å². The molecule has 2 rings (SSSR count). The average molecular weight is 300 g/mol. The van der Waals surface area contributed by atoms with Gasteiger partial charge in [-0.3, -0.25) is 0 Å². The summed E-state index contributed by atoms with van der Waals surface area (Å²) in [5.41, 5.74) is 0.716. The number of amides is 1. The van der Waals surface area contributed by atoms with Crippen LogP contribution in [0.3, 0.4) is 0 Å². The maximum atomic E-state index is 12.0. The number of alkyl halides is 2. The fraction of sp³-hybridized carbons (Fsp3) is 0.500. The van der Waals surface area contributed by atoms with Crippen molar-refractivity contribution in [2.75, 3.05) is 19.6 Å². The number of rotatable bonds is 4. The first kappa shape index (κ1) is 15.5. The van der Waals surface area contributed by atoms with Gasteiger partial charge in [-0.15, -0.1) is 0 Å². The van der Waals surface area contributed by atoms with Gasteiger partial charge >= 0.3 is 12.7 Å². The molecule has 1 fully saturated rings. The standard InChI is InChI=1S/C14H18F2N2O3/c1-10-8-17-6-7-18(10)14(19)20-9-11-2-4-12(5-3-11)21-13(15)16/h2-5,10,13,17H,6-9H2,1H3/t10-/m1/s1. The SMILES string of the molecule is C[C@@H]1CNCCN1C(=O)OCc1ccc(OC(F)F)cc1. The first-order valence-electron chi connectivity index (χ1n) is 6.74. The molecule has 0 aromatic heterocycles. The maximum Gasteiger partial charge on any atom is 0.410 e. The van der Waals surface area contributed by atoms with E-state index in [1.165, 1.54) is 12.1 Å². The highest BCUT2D eigenvalue weighted by Gasteiger charge is 2.24. The molecule has 0 saturated carbocycles. The molecule has 1 N–H and O–H groups in total. The summed E-state index contributed by atoms with van der Waals surface area (Å²) in [4.78, 5) is 13.6. The molecule has 0 aliphatic carbocycles. The Morgan fingerprint density at radius 2 is 2.14 bits per heavy atom. The van der Waals surface area contributed by atoms with Crippen LogP contribution in [0.25, 0.3) is 0 Å². The van der Waals surface area contributed by atoms with Gasteiger partial charge in [-0.25, -0.2) is 4.79 Å². The number of hydrogen-bond donors (Lipinski definition) is 1. The molecule has 0 unspecified atom stereocenters. The van der Waals surface area contributed by atoms with Gasteiger partial charge in [-0.2, -0.15) is 8.78 Å². The summed E-state index contributed by atoms with van der Waals surface area (Å²) in [5, 5.41) is 3.19. The van der Waals surface area contributed by atoms with Crippen LogP contribution in [-0.4, -0.2) is 43.3 Å². The van der Waals surface area contributed by atoms with Crippen molar-refractivity contribution in [1.29, 1.82) is 0 Å². The Kier molecular flexibility index (Phi) is 5.32. The Hall–Kier alpha value is -1.89. The number of carbonyl (C=O) groups is 1. The van der Waals surface area contributed by atoms with E-state index in [1.807, 2.05) is 6.92 Å². The number of halogens is 2. The van der Waals surface area contributed by atoms with Crippen molar-refractivity contribution in [2.45, 2.75) is 26.2 Å². The van der Waals surface area contributed by atoms with Crippen LogP contribution in [0.1, 0.15) is 12.5 Å². The summed E-state index contributed by atoms with van der Waals surface area (Å²) in [5.74, 6) is 0.0794. The van der Waals surface area contributed by atoms with Crippen molar-refractivity contribution in [3.05, 3.63) is 29.8 Å². The lowest BCUT2D eigenvalue weighted by molar-refractivity contribution is -0.0498. The van der Waals surface area contributed by atoms with Crippen LogP contribution in [0.2, 0.25) is 0 Å². The third-order valence-corrected chi connectivity index (χ3v) is 3.25. The summed E-state index contributed by atoms with van der Waals surface area (Å²) in [7, 11) is 0. The fourth-order valence-electron chi connectivity index (χ4n) is 2.11. The predicted molar refractivity (Wildman–Crippen MR) is 72.3 cm³/mol. The number of piperazine rings is 1. The molecule has 7 heteroatoms. The minimum atomic E-state index is -2.84. The van der Waals surface area contributed by atoms with Gasteiger partial charge in [0.15, 0.2) is 0 Å². The first-order chi connectivity index (χ1) is 10.1. The molecular weight excluding hydrogens is 282 g/mol. The molecule has 1 aromatic rings. The van der Waals surface area contributed by atoms with Crippen LogP contribution in [0.4, 0.5) is 13.6 Å². The number of nitrogens with zero attached hydrogens (tertiary/aromatic N) is 1. The van der Waals surface area contributed by atoms with Gasteiger partial charge in [0.1, 0.15) is 12.4 Å². The summed E-state index contributed by atoms with van der Waals surface area (Å²) in [6.07, 6.45) is -0.364. The molecule has 1 aliphatic heterocycles. The zero-order valence-electron chi connectivity index (χ0n) is 11.7. The Labute approximate surface area is 121 Å². The molecule has 1 aliphatic rings. The molecule has 1 saturated heterocycles. The molecule has 5 nitrogen and oxygen atoms in total. The molecular formula is C14H18F2N2O3. The van der Waals surface area contributed by atoms with Gasteiger partial charge in [0.2, 0.25) is 0 Å². The number of nitrogens with one attached hydrogen (secondary N) is 1. The predicted octanol–water partition coefficient (Wildman–Crippen LogP) is 2.22. The molecule has 0 spiro atoms. The van der Waals surface area contributed by atoms with E-state index in [9.17, 15) is 13.6 Å². The summed E-state index contributed by atoms with van der Waals surface area (Å²) in [6, 6.07) is 6.11. The smallest absolute Gasteiger partial charge is 0.410 e. The van der Waals surface area contributed by atoms with E-state index >= 15 is 0 Å². The average Bonchev–Trinajstić information content (AvgIpc) is 2.46. The van der Waals surface area contributed by atoms with Gasteiger partial charge in [-0.05, 0) is 24.6 Å². The highest BCUT2D eigenvalue weighted by Crippen LogP contribution is 2.16. The first-order valence-corrected chi connectivity index (χ1v) is 6.74. The van der Waals surface area contributed by atoms with Crippen molar-refractivity contribution < 1.29 is 23.0 Å². The number of benzene rings is 1. The van der Waals surface area contributed by atoms with Gasteiger partial charge in [-0.1, -0.05) is 12.1 Å². The van der Waals surface area contributed by atoms with Gasteiger partial charge in [0.25, 0.3) is 0 Å². The third kappa shape index (κ3) is 4.56. The van der Waals surface area contributed by atoms with E-state index in [0.29, 0.717) is 12.1 Å². The number of ether oxygens (including phenoxy) is 2. The second kappa shape index (κ2) is 7.21. The van der Waals surface area contributed by atoms with Crippen molar-refractivity contribution >= 4 is 6.09 Å². The van der Waals surface area contributed by atoms with Crippen molar-refractivity contribution in [1.82, 2.24) is 10.2 Å². The fourth-order valence-corrected chi connectivity index (χ4v) is 2.11. The van der Waals surface area contributed by atoms with Crippen LogP contribution in [0.15, 0.2) is 24.3 Å². The molecule has 116 valence electrons. The van der Waals surface area contributed by atoms with Crippen LogP contribution in [-0.2, 0) is 11.3 Å². The van der Waals surface area contributed by atoms with E-state index in [4.69, 9.17) is 4.74 Å². The normalized spacial score (nSPS) is 18.7. The minimum Gasteiger partial charge on any atom is -0.445 e. The lowest BCUT2D eigenvalue weighted by Crippen LogP contribution is -2.52. The quantitative estimate of drug-likeness (QED) is 0.926. The van der Waals surface area contributed by atoms with E-state index in [2.05, 4.69) is 10.1 Å². The maximum absolute atomic E-state index is 12.0. The van der Waals surface area contributed by atoms with Gasteiger partial charge < -0.3 is 19.7 Å². The monoisotopic (exact) mass is 300 g/mol. The Morgan fingerprint density at radius 1 is 1.43 bits per heavy atom. The molecule has 1 heterocycles. The largest absolute Gasteiger partial charge is 0.445 e. The second-order valence-electron chi connectivity index (χ2n) is 4.82. The van der Waals surface area contributed by atoms with Crippen molar-refractivity contribution in [3.8, 4) is 5.75 Å². The van der Waals surface area contributed by atoms with Crippen LogP contribution >= 0.6 is 0 Å². The van der Waals surface area contributed by atoms with Crippen LogP contribution in [0, 0.1) is 0 Å². The summed E-state index contributed by atoms with van der Waals surface area (Å²) < 4.78 is 33.5. The van der Waals surface area contributed by atoms with Crippen molar-refractivity contribution in [2.24, 2.45) is 0 Å². The molecule has 0 radical (unpaired) electrons. The highest BCUT2D eigenvalue weighted by atomic mass is 19.3. The second-order valence-corrected chi connectivity index (χ2v) is 4.82. The lowest BCUT2D eigenvalue weighted by atomic mass is 10.2. The lowest BCUT2D eigenvalue weighted by Gasteiger charge is -2.32. The Balaban J connectivity index is 1.83. The van der Waals surface area contributed by atoms with Gasteiger partial charge in [0, 0.05) is 25.7 Å². The molecule has 1 atom stereocenters. The van der Waals surface area contributed by atoms with Gasteiger partial charge in [0.05, 0.1) is 0 Å². The highest BCUT2D eigenvalue weighted by molar-refractivity contribution is 5.68. The Morgan fingerprint density at radius 3 is 2.76 bits per heavy atom. The van der Waals surface area contributed by atoms with E-state index in [-0.39, 0.29) is 24.5 Å². The van der Waals surface area contributed by atoms with Crippen LogP contribution < -0.4 is 10.1 Å². The van der Waals surface area contributed by atoms with E-state index < -0.39 is 6.61 Å². The number of carbonyl (C=O) groups excluding carboxylic acids is 1. The summed E-state index contributed by atoms with van der Waals surface area (Å²) >= 11 is 0. The number of hydrogen-bond acceptors (Lipinski definition) is 4. The molecule has 21 heavy (non-hydrogen) atoms. The van der Waals surface area contributed by atoms with E-state index in [1.54, 1.807) is 17.0 Å². The molecule has 0 bridgehead atoms. The third-order valence-electron chi connectivity index (χ3n) is 3.25. The van der Waals surface area contributed by atoms with E-state index in [0.717, 1.165) is 13.1 Å².